The summed E-state index contributed by atoms with van der Waals surface area (Å²) < 4.78 is 13.3. The Hall–Kier alpha value is -1.62. The molecule has 1 aliphatic heterocycles. The zero-order valence-corrected chi connectivity index (χ0v) is 17.1. The summed E-state index contributed by atoms with van der Waals surface area (Å²) in [5.74, 6) is -0.162. The minimum absolute atomic E-state index is 0.0124. The summed E-state index contributed by atoms with van der Waals surface area (Å²) in [6.45, 7) is 5.19. The third-order valence-corrected chi connectivity index (χ3v) is 5.85. The first-order valence-corrected chi connectivity index (χ1v) is 9.66. The molecule has 0 radical (unpaired) electrons. The minimum Gasteiger partial charge on any atom is -0.340 e. The minimum atomic E-state index is -0.779. The molecule has 144 valence electrons. The third kappa shape index (κ3) is 4.13. The van der Waals surface area contributed by atoms with Gasteiger partial charge in [0.1, 0.15) is 5.82 Å². The molecule has 3 nitrogen and oxygen atoms in total. The number of likely N-dealkylation sites (N-methyl/N-ethyl adjacent to an activating group) is 1. The van der Waals surface area contributed by atoms with Crippen molar-refractivity contribution in [3.8, 4) is 0 Å². The van der Waals surface area contributed by atoms with Gasteiger partial charge in [-0.25, -0.2) is 4.39 Å². The van der Waals surface area contributed by atoms with Crippen LogP contribution in [0.3, 0.4) is 0 Å². The van der Waals surface area contributed by atoms with E-state index in [1.54, 1.807) is 35.2 Å². The number of rotatable bonds is 4. The predicted molar refractivity (Wildman–Crippen MR) is 108 cm³/mol. The first kappa shape index (κ1) is 20.1. The average Bonchev–Trinajstić information content (AvgIpc) is 3.10. The maximum Gasteiger partial charge on any atom is 0.232 e. The Morgan fingerprint density at radius 3 is 2.30 bits per heavy atom. The first-order valence-electron chi connectivity index (χ1n) is 8.90. The molecule has 2 aromatic carbocycles. The van der Waals surface area contributed by atoms with Crippen LogP contribution >= 0.6 is 23.2 Å². The Morgan fingerprint density at radius 1 is 1.11 bits per heavy atom. The predicted octanol–water partition coefficient (Wildman–Crippen LogP) is 4.62. The standard InChI is InChI=1S/C21H23Cl2FN2O/c1-21(2,14-8-15(22)10-16(23)9-14)20(27)26(3)19-12-25-11-18(19)13-4-6-17(24)7-5-13/h4-10,18-19,25H,11-12H2,1-3H3/t18?,19-/m1/s1. The van der Waals surface area contributed by atoms with Crippen LogP contribution in [0.1, 0.15) is 30.9 Å². The van der Waals surface area contributed by atoms with E-state index in [4.69, 9.17) is 23.2 Å². The molecule has 2 aromatic rings. The largest absolute Gasteiger partial charge is 0.340 e. The number of benzene rings is 2. The molecule has 0 bridgehead atoms. The van der Waals surface area contributed by atoms with Gasteiger partial charge >= 0.3 is 0 Å². The van der Waals surface area contributed by atoms with Gasteiger partial charge in [0.2, 0.25) is 5.91 Å². The van der Waals surface area contributed by atoms with Gasteiger partial charge in [-0.15, -0.1) is 0 Å². The average molecular weight is 409 g/mol. The quantitative estimate of drug-likeness (QED) is 0.799. The van der Waals surface area contributed by atoms with Gasteiger partial charge < -0.3 is 10.2 Å². The van der Waals surface area contributed by atoms with E-state index in [0.29, 0.717) is 16.6 Å². The second-order valence-corrected chi connectivity index (χ2v) is 8.46. The molecule has 0 spiro atoms. The van der Waals surface area contributed by atoms with Crippen molar-refractivity contribution in [3.63, 3.8) is 0 Å². The molecule has 1 unspecified atom stereocenters. The van der Waals surface area contributed by atoms with Gasteiger partial charge in [0, 0.05) is 36.1 Å². The van der Waals surface area contributed by atoms with E-state index in [1.807, 2.05) is 20.9 Å². The van der Waals surface area contributed by atoms with Crippen molar-refractivity contribution in [2.24, 2.45) is 0 Å². The van der Waals surface area contributed by atoms with E-state index >= 15 is 0 Å². The van der Waals surface area contributed by atoms with Crippen molar-refractivity contribution in [1.29, 1.82) is 0 Å². The number of halogens is 3. The SMILES string of the molecule is CN(C(=O)C(C)(C)c1cc(Cl)cc(Cl)c1)[C@@H]1CNCC1c1ccc(F)cc1. The molecule has 3 rings (SSSR count). The molecule has 1 amide bonds. The lowest BCUT2D eigenvalue weighted by atomic mass is 9.82. The zero-order chi connectivity index (χ0) is 19.8. The van der Waals surface area contributed by atoms with Crippen LogP contribution in [0.5, 0.6) is 0 Å². The van der Waals surface area contributed by atoms with Crippen LogP contribution in [0.4, 0.5) is 4.39 Å². The van der Waals surface area contributed by atoms with Crippen LogP contribution in [0.2, 0.25) is 10.0 Å². The van der Waals surface area contributed by atoms with Crippen molar-refractivity contribution < 1.29 is 9.18 Å². The molecule has 1 aliphatic rings. The van der Waals surface area contributed by atoms with E-state index in [0.717, 1.165) is 17.7 Å². The van der Waals surface area contributed by atoms with Crippen LogP contribution in [-0.2, 0) is 10.2 Å². The van der Waals surface area contributed by atoms with Crippen molar-refractivity contribution in [1.82, 2.24) is 10.2 Å². The van der Waals surface area contributed by atoms with Gasteiger partial charge in [-0.1, -0.05) is 35.3 Å². The Labute approximate surface area is 169 Å². The first-order chi connectivity index (χ1) is 12.7. The highest BCUT2D eigenvalue weighted by Gasteiger charge is 2.40. The molecule has 1 saturated heterocycles. The molecular weight excluding hydrogens is 386 g/mol. The summed E-state index contributed by atoms with van der Waals surface area (Å²) in [5, 5.41) is 4.37. The van der Waals surface area contributed by atoms with Crippen molar-refractivity contribution in [3.05, 3.63) is 69.5 Å². The number of amides is 1. The van der Waals surface area contributed by atoms with Crippen LogP contribution in [0.15, 0.2) is 42.5 Å². The topological polar surface area (TPSA) is 32.3 Å². The summed E-state index contributed by atoms with van der Waals surface area (Å²) in [6, 6.07) is 11.7. The Balaban J connectivity index is 1.85. The maximum atomic E-state index is 13.4. The number of nitrogens with zero attached hydrogens (tertiary/aromatic N) is 1. The van der Waals surface area contributed by atoms with Crippen LogP contribution in [0.25, 0.3) is 0 Å². The van der Waals surface area contributed by atoms with Gasteiger partial charge in [-0.2, -0.15) is 0 Å². The molecule has 1 heterocycles. The van der Waals surface area contributed by atoms with E-state index < -0.39 is 5.41 Å². The monoisotopic (exact) mass is 408 g/mol. The Bertz CT molecular complexity index is 818. The molecular formula is C21H23Cl2FN2O. The Kier molecular flexibility index (Phi) is 5.80. The normalized spacial score (nSPS) is 19.9. The van der Waals surface area contributed by atoms with E-state index in [2.05, 4.69) is 5.32 Å². The van der Waals surface area contributed by atoms with Crippen LogP contribution < -0.4 is 5.32 Å². The summed E-state index contributed by atoms with van der Waals surface area (Å²) >= 11 is 12.3. The lowest BCUT2D eigenvalue weighted by molar-refractivity contribution is -0.137. The second-order valence-electron chi connectivity index (χ2n) is 7.58. The van der Waals surface area contributed by atoms with Crippen LogP contribution in [-0.4, -0.2) is 37.0 Å². The van der Waals surface area contributed by atoms with Crippen molar-refractivity contribution >= 4 is 29.1 Å². The molecule has 0 aromatic heterocycles. The number of hydrogen-bond donors (Lipinski definition) is 1. The van der Waals surface area contributed by atoms with Crippen molar-refractivity contribution in [2.75, 3.05) is 20.1 Å². The number of nitrogens with one attached hydrogen (secondary N) is 1. The third-order valence-electron chi connectivity index (χ3n) is 5.42. The van der Waals surface area contributed by atoms with Gasteiger partial charge in [-0.05, 0) is 55.3 Å². The van der Waals surface area contributed by atoms with Gasteiger partial charge in [0.05, 0.1) is 11.5 Å². The lowest BCUT2D eigenvalue weighted by Crippen LogP contribution is -2.48. The fourth-order valence-corrected chi connectivity index (χ4v) is 4.28. The maximum absolute atomic E-state index is 13.4. The number of hydrogen-bond acceptors (Lipinski definition) is 2. The highest BCUT2D eigenvalue weighted by atomic mass is 35.5. The molecule has 0 saturated carbocycles. The summed E-state index contributed by atoms with van der Waals surface area (Å²) in [4.78, 5) is 15.2. The van der Waals surface area contributed by atoms with E-state index in [-0.39, 0.29) is 23.7 Å². The number of carbonyl (C=O) groups is 1. The second kappa shape index (κ2) is 7.78. The summed E-state index contributed by atoms with van der Waals surface area (Å²) in [7, 11) is 1.82. The van der Waals surface area contributed by atoms with Gasteiger partial charge in [0.25, 0.3) is 0 Å². The van der Waals surface area contributed by atoms with E-state index in [1.165, 1.54) is 12.1 Å². The molecule has 2 atom stereocenters. The molecule has 1 N–H and O–H groups in total. The summed E-state index contributed by atoms with van der Waals surface area (Å²) in [6.07, 6.45) is 0. The van der Waals surface area contributed by atoms with Crippen LogP contribution in [0, 0.1) is 5.82 Å². The van der Waals surface area contributed by atoms with E-state index in [9.17, 15) is 9.18 Å². The Morgan fingerprint density at radius 2 is 1.70 bits per heavy atom. The van der Waals surface area contributed by atoms with Gasteiger partial charge in [-0.3, -0.25) is 4.79 Å². The summed E-state index contributed by atoms with van der Waals surface area (Å²) in [5.41, 5.74) is 1.02. The molecule has 27 heavy (non-hydrogen) atoms. The fraction of sp³-hybridized carbons (Fsp3) is 0.381. The molecule has 6 heteroatoms. The lowest BCUT2D eigenvalue weighted by Gasteiger charge is -2.36. The fourth-order valence-electron chi connectivity index (χ4n) is 3.75. The zero-order valence-electron chi connectivity index (χ0n) is 15.6. The smallest absolute Gasteiger partial charge is 0.232 e. The van der Waals surface area contributed by atoms with Crippen molar-refractivity contribution in [2.45, 2.75) is 31.2 Å². The molecule has 1 fully saturated rings. The highest BCUT2D eigenvalue weighted by Crippen LogP contribution is 2.33. The molecule has 0 aliphatic carbocycles. The highest BCUT2D eigenvalue weighted by molar-refractivity contribution is 6.34. The van der Waals surface area contributed by atoms with Gasteiger partial charge in [0.15, 0.2) is 0 Å². The number of carbonyl (C=O) groups excluding carboxylic acids is 1.